The normalized spacial score (nSPS) is 19.1. The van der Waals surface area contributed by atoms with E-state index in [0.717, 1.165) is 31.2 Å². The molecule has 0 spiro atoms. The first kappa shape index (κ1) is 32.7. The minimum absolute atomic E-state index is 0.0258. The van der Waals surface area contributed by atoms with Crippen LogP contribution in [0.1, 0.15) is 63.9 Å². The average Bonchev–Trinajstić information content (AvgIpc) is 2.96. The lowest BCUT2D eigenvalue weighted by atomic mass is 9.95. The number of aliphatic hydroxyl groups excluding tert-OH is 1. The summed E-state index contributed by atoms with van der Waals surface area (Å²) in [5, 5.41) is 28.1. The van der Waals surface area contributed by atoms with E-state index in [2.05, 4.69) is 27.6 Å². The van der Waals surface area contributed by atoms with E-state index in [9.17, 15) is 23.8 Å². The highest BCUT2D eigenvalue weighted by atomic mass is 32.3. The first-order valence-corrected chi connectivity index (χ1v) is 16.3. The van der Waals surface area contributed by atoms with Gasteiger partial charge in [-0.1, -0.05) is 38.3 Å². The van der Waals surface area contributed by atoms with Crippen LogP contribution in [0.4, 0.5) is 10.5 Å². The van der Waals surface area contributed by atoms with E-state index in [-0.39, 0.29) is 29.7 Å². The van der Waals surface area contributed by atoms with Gasteiger partial charge in [-0.2, -0.15) is 9.27 Å². The minimum atomic E-state index is -3.28. The summed E-state index contributed by atoms with van der Waals surface area (Å²) in [6, 6.07) is 13.7. The lowest BCUT2D eigenvalue weighted by Crippen LogP contribution is -2.46. The van der Waals surface area contributed by atoms with Gasteiger partial charge in [0.15, 0.2) is 5.25 Å². The Bertz CT molecular complexity index is 1080. The third-order valence-electron chi connectivity index (χ3n) is 7.24. The molecule has 0 radical (unpaired) electrons. The maximum Gasteiger partial charge on any atom is 0.315 e. The molecule has 1 saturated carbocycles. The van der Waals surface area contributed by atoms with Gasteiger partial charge >= 0.3 is 16.4 Å². The Labute approximate surface area is 245 Å². The third kappa shape index (κ3) is 12.3. The molecule has 1 unspecified atom stereocenters. The number of phenolic OH excluding ortho intramolecular Hbond substituents is 1. The van der Waals surface area contributed by atoms with Crippen molar-refractivity contribution in [2.24, 2.45) is 0 Å². The first-order chi connectivity index (χ1) is 19.7. The number of urea groups is 1. The number of amides is 2. The first-order valence-electron chi connectivity index (χ1n) is 14.7. The molecule has 0 aromatic heterocycles. The average molecular weight is 592 g/mol. The number of ether oxygens (including phenoxy) is 1. The molecule has 2 amide bonds. The summed E-state index contributed by atoms with van der Waals surface area (Å²) >= 11 is 0. The van der Waals surface area contributed by atoms with Crippen LogP contribution in [-0.4, -0.2) is 64.4 Å². The van der Waals surface area contributed by atoms with E-state index in [1.165, 1.54) is 18.6 Å². The fourth-order valence-electron chi connectivity index (χ4n) is 4.80. The van der Waals surface area contributed by atoms with Crippen molar-refractivity contribution in [2.75, 3.05) is 31.0 Å². The van der Waals surface area contributed by atoms with Gasteiger partial charge in [0.25, 0.3) is 0 Å². The van der Waals surface area contributed by atoms with Crippen LogP contribution in [0.3, 0.4) is 0 Å². The molecule has 2 aromatic rings. The molecule has 0 bridgehead atoms. The Morgan fingerprint density at radius 3 is 2.39 bits per heavy atom. The van der Waals surface area contributed by atoms with Gasteiger partial charge in [0, 0.05) is 32.0 Å². The third-order valence-corrected chi connectivity index (χ3v) is 9.15. The number of aliphatic hydroxyl groups is 1. The maximum atomic E-state index is 13.1. The lowest BCUT2D eigenvalue weighted by Gasteiger charge is -2.27. The number of carbonyl (C=O) groups excluding carboxylic acids is 1. The van der Waals surface area contributed by atoms with E-state index >= 15 is 0 Å². The molecule has 228 valence electrons. The molecule has 2 atom stereocenters. The Morgan fingerprint density at radius 2 is 1.71 bits per heavy atom. The van der Waals surface area contributed by atoms with Crippen molar-refractivity contribution in [3.05, 3.63) is 54.1 Å². The molecule has 2 aromatic carbocycles. The van der Waals surface area contributed by atoms with Gasteiger partial charge in [-0.25, -0.2) is 4.79 Å². The molecule has 0 saturated heterocycles. The number of anilines is 1. The molecule has 3 rings (SSSR count). The van der Waals surface area contributed by atoms with Gasteiger partial charge in [-0.3, -0.25) is 0 Å². The van der Waals surface area contributed by atoms with E-state index in [4.69, 9.17) is 4.74 Å². The molecule has 7 N–H and O–H groups in total. The van der Waals surface area contributed by atoms with Crippen molar-refractivity contribution in [1.29, 1.82) is 0 Å². The van der Waals surface area contributed by atoms with Gasteiger partial charge in [0.05, 0.1) is 5.69 Å². The summed E-state index contributed by atoms with van der Waals surface area (Å²) in [5.41, 5.74) is 1.66. The largest absolute Gasteiger partial charge is 0.508 e. The Hall–Kier alpha value is -2.86. The summed E-state index contributed by atoms with van der Waals surface area (Å²) in [7, 11) is -3.28. The van der Waals surface area contributed by atoms with Crippen LogP contribution in [0.2, 0.25) is 0 Å². The molecule has 41 heavy (non-hydrogen) atoms. The molecular formula is C30H47N4O6S+. The minimum Gasteiger partial charge on any atom is -0.508 e. The molecule has 10 nitrogen and oxygen atoms in total. The van der Waals surface area contributed by atoms with Crippen LogP contribution < -0.4 is 25.4 Å². The standard InChI is InChI=1S/C30H46N4O6S/c1-2-3-4-5-19-32-30(37)33-24-10-16-29(17-11-24)41(38,39)34-25-8-6-23(7-9-25)18-20-31-21-27(36)22-40-28-14-12-26(35)13-15-28/h6-9,12-15,24,27,29,31,36H,2-5,10-11,16-22H2,1H3,(H4-,32,33,34,35,37,38,39)/p+1/t24?,27-,29?/m0/s1. The maximum absolute atomic E-state index is 13.1. The number of phenols is 1. The highest BCUT2D eigenvalue weighted by Crippen LogP contribution is 2.29. The highest BCUT2D eigenvalue weighted by molar-refractivity contribution is 7.99. The number of aromatic hydroxyl groups is 1. The second kappa shape index (κ2) is 17.2. The molecule has 1 fully saturated rings. The van der Waals surface area contributed by atoms with Gasteiger partial charge in [0.1, 0.15) is 24.2 Å². The molecule has 1 aliphatic carbocycles. The Balaban J connectivity index is 1.30. The van der Waals surface area contributed by atoms with Gasteiger partial charge in [-0.15, -0.1) is 0 Å². The van der Waals surface area contributed by atoms with Gasteiger partial charge in [-0.05, 0) is 78.4 Å². The zero-order valence-corrected chi connectivity index (χ0v) is 24.8. The SMILES string of the molecule is CCCCCCNC(=O)NC1CCC([S+](=O)(O)Nc2ccc(CCNC[C@H](O)COc3ccc(O)cc3)cc2)CC1. The predicted molar refractivity (Wildman–Crippen MR) is 164 cm³/mol. The summed E-state index contributed by atoms with van der Waals surface area (Å²) in [6.07, 6.45) is 7.00. The van der Waals surface area contributed by atoms with Crippen LogP contribution in [0.15, 0.2) is 48.5 Å². The predicted octanol–water partition coefficient (Wildman–Crippen LogP) is 4.45. The number of unbranched alkanes of at least 4 members (excludes halogenated alkanes) is 3. The molecule has 1 aliphatic rings. The van der Waals surface area contributed by atoms with Crippen LogP contribution in [-0.2, 0) is 21.0 Å². The Morgan fingerprint density at radius 1 is 1.00 bits per heavy atom. The molecule has 0 aliphatic heterocycles. The highest BCUT2D eigenvalue weighted by Gasteiger charge is 2.41. The van der Waals surface area contributed by atoms with E-state index < -0.39 is 16.5 Å². The summed E-state index contributed by atoms with van der Waals surface area (Å²) in [4.78, 5) is 12.1. The summed E-state index contributed by atoms with van der Waals surface area (Å²) in [6.45, 7) is 4.02. The fourth-order valence-corrected chi connectivity index (χ4v) is 6.36. The Kier molecular flexibility index (Phi) is 13.7. The van der Waals surface area contributed by atoms with Crippen LogP contribution in [0.5, 0.6) is 11.5 Å². The van der Waals surface area contributed by atoms with Crippen molar-refractivity contribution < 1.29 is 28.5 Å². The zero-order valence-electron chi connectivity index (χ0n) is 24.0. The second-order valence-electron chi connectivity index (χ2n) is 10.7. The number of hydrogen-bond donors (Lipinski definition) is 7. The zero-order chi connectivity index (χ0) is 29.5. The van der Waals surface area contributed by atoms with Crippen molar-refractivity contribution in [3.63, 3.8) is 0 Å². The van der Waals surface area contributed by atoms with Crippen LogP contribution in [0, 0.1) is 0 Å². The fraction of sp³-hybridized carbons (Fsp3) is 0.567. The van der Waals surface area contributed by atoms with E-state index in [1.54, 1.807) is 12.1 Å². The number of rotatable bonds is 17. The second-order valence-corrected chi connectivity index (χ2v) is 12.7. The van der Waals surface area contributed by atoms with E-state index in [1.807, 2.05) is 24.3 Å². The van der Waals surface area contributed by atoms with Crippen LogP contribution >= 0.6 is 0 Å². The van der Waals surface area contributed by atoms with Crippen molar-refractivity contribution in [1.82, 2.24) is 16.0 Å². The topological polar surface area (TPSA) is 152 Å². The smallest absolute Gasteiger partial charge is 0.315 e. The number of hydrogen-bond acceptors (Lipinski definition) is 6. The number of benzene rings is 2. The van der Waals surface area contributed by atoms with Crippen LogP contribution in [0.25, 0.3) is 0 Å². The lowest BCUT2D eigenvalue weighted by molar-refractivity contribution is 0.106. The summed E-state index contributed by atoms with van der Waals surface area (Å²) < 4.78 is 32.2. The molecule has 0 heterocycles. The van der Waals surface area contributed by atoms with Crippen molar-refractivity contribution in [3.8, 4) is 11.5 Å². The van der Waals surface area contributed by atoms with Crippen molar-refractivity contribution >= 4 is 22.1 Å². The van der Waals surface area contributed by atoms with E-state index in [0.29, 0.717) is 56.8 Å². The molecular weight excluding hydrogens is 544 g/mol. The number of carbonyl (C=O) groups is 1. The summed E-state index contributed by atoms with van der Waals surface area (Å²) in [5.74, 6) is 0.746. The van der Waals surface area contributed by atoms with Crippen molar-refractivity contribution in [2.45, 2.75) is 82.1 Å². The van der Waals surface area contributed by atoms with Gasteiger partial charge in [0.2, 0.25) is 0 Å². The quantitative estimate of drug-likeness (QED) is 0.106. The molecule has 11 heteroatoms. The van der Waals surface area contributed by atoms with Gasteiger partial charge < -0.3 is 30.9 Å². The monoisotopic (exact) mass is 591 g/mol. The number of nitrogens with one attached hydrogen (secondary N) is 4.